The number of halogens is 1. The third-order valence-electron chi connectivity index (χ3n) is 7.25. The maximum Gasteiger partial charge on any atom is 0.215 e. The largest absolute Gasteiger partial charge is 0.306 e. The number of hydrogen-bond donors (Lipinski definition) is 0. The van der Waals surface area contributed by atoms with E-state index in [1.54, 1.807) is 0 Å². The Bertz CT molecular complexity index is 960. The summed E-state index contributed by atoms with van der Waals surface area (Å²) >= 11 is 0. The van der Waals surface area contributed by atoms with Gasteiger partial charge in [-0.25, -0.2) is 4.98 Å². The van der Waals surface area contributed by atoms with Crippen molar-refractivity contribution in [3.8, 4) is 0 Å². The molecule has 7 rings (SSSR count). The maximum absolute atomic E-state index is 5.24. The Hall–Kier alpha value is -1.74. The zero-order valence-electron chi connectivity index (χ0n) is 15.1. The first-order chi connectivity index (χ1) is 12.3. The van der Waals surface area contributed by atoms with Crippen LogP contribution in [0.3, 0.4) is 0 Å². The van der Waals surface area contributed by atoms with Gasteiger partial charge >= 0.3 is 0 Å². The highest BCUT2D eigenvalue weighted by Gasteiger charge is 2.52. The number of para-hydroxylation sites is 2. The molecule has 0 atom stereocenters. The standard InChI is InChI=1S/C22H25N3.ClH/c1-2-7-24-18-5-3-4-6-19(18)25-14-20(23-21(24)25)22-11-15-8-16(12-22)10-17(9-15)13-22;/h2-6,14-17H,1,7-13H2;1H. The average Bonchev–Trinajstić information content (AvgIpc) is 3.14. The van der Waals surface area contributed by atoms with E-state index in [9.17, 15) is 0 Å². The van der Waals surface area contributed by atoms with Crippen LogP contribution in [0.2, 0.25) is 0 Å². The first kappa shape index (κ1) is 16.4. The fourth-order valence-corrected chi connectivity index (χ4v) is 6.73. The van der Waals surface area contributed by atoms with E-state index in [2.05, 4.69) is 46.0 Å². The molecule has 0 N–H and O–H groups in total. The summed E-state index contributed by atoms with van der Waals surface area (Å²) in [6, 6.07) is 8.65. The van der Waals surface area contributed by atoms with Crippen LogP contribution in [0.25, 0.3) is 16.8 Å². The summed E-state index contributed by atoms with van der Waals surface area (Å²) in [6.45, 7) is 4.77. The van der Waals surface area contributed by atoms with Gasteiger partial charge in [-0.3, -0.25) is 4.40 Å². The van der Waals surface area contributed by atoms with Gasteiger partial charge in [0.2, 0.25) is 5.78 Å². The van der Waals surface area contributed by atoms with Crippen molar-refractivity contribution in [3.05, 3.63) is 48.8 Å². The van der Waals surface area contributed by atoms with Gasteiger partial charge in [0, 0.05) is 18.2 Å². The molecule has 0 unspecified atom stereocenters. The van der Waals surface area contributed by atoms with Crippen molar-refractivity contribution < 1.29 is 0 Å². The molecule has 4 fully saturated rings. The van der Waals surface area contributed by atoms with E-state index in [-0.39, 0.29) is 12.4 Å². The predicted octanol–water partition coefficient (Wildman–Crippen LogP) is 5.36. The number of fused-ring (bicyclic) bond motifs is 3. The normalized spacial score (nSPS) is 32.2. The highest BCUT2D eigenvalue weighted by molar-refractivity contribution is 5.85. The third kappa shape index (κ3) is 2.10. The maximum atomic E-state index is 5.24. The Morgan fingerprint density at radius 2 is 1.65 bits per heavy atom. The number of benzene rings is 1. The Labute approximate surface area is 160 Å². The van der Waals surface area contributed by atoms with Gasteiger partial charge in [-0.1, -0.05) is 18.2 Å². The van der Waals surface area contributed by atoms with Crippen LogP contribution >= 0.6 is 12.4 Å². The number of aromatic nitrogens is 3. The van der Waals surface area contributed by atoms with E-state index >= 15 is 0 Å². The Balaban J connectivity index is 0.00000150. The van der Waals surface area contributed by atoms with Gasteiger partial charge in [-0.2, -0.15) is 0 Å². The van der Waals surface area contributed by atoms with Crippen LogP contribution in [-0.2, 0) is 12.0 Å². The van der Waals surface area contributed by atoms with Crippen molar-refractivity contribution in [2.45, 2.75) is 50.5 Å². The minimum Gasteiger partial charge on any atom is -0.306 e. The number of hydrogen-bond acceptors (Lipinski definition) is 1. The van der Waals surface area contributed by atoms with E-state index < -0.39 is 0 Å². The monoisotopic (exact) mass is 367 g/mol. The van der Waals surface area contributed by atoms with Crippen LogP contribution < -0.4 is 0 Å². The smallest absolute Gasteiger partial charge is 0.215 e. The fourth-order valence-electron chi connectivity index (χ4n) is 6.73. The number of nitrogens with zero attached hydrogens (tertiary/aromatic N) is 3. The quantitative estimate of drug-likeness (QED) is 0.571. The lowest BCUT2D eigenvalue weighted by Gasteiger charge is -2.56. The Kier molecular flexibility index (Phi) is 3.56. The number of allylic oxidation sites excluding steroid dienone is 1. The molecule has 0 spiro atoms. The zero-order chi connectivity index (χ0) is 16.6. The molecule has 0 amide bonds. The van der Waals surface area contributed by atoms with Crippen molar-refractivity contribution in [1.82, 2.24) is 14.0 Å². The number of imidazole rings is 2. The average molecular weight is 368 g/mol. The van der Waals surface area contributed by atoms with Gasteiger partial charge in [0.15, 0.2) is 0 Å². The minimum atomic E-state index is 0. The topological polar surface area (TPSA) is 22.2 Å². The van der Waals surface area contributed by atoms with Crippen molar-refractivity contribution in [3.63, 3.8) is 0 Å². The lowest BCUT2D eigenvalue weighted by Crippen LogP contribution is -2.48. The molecular formula is C22H26ClN3. The molecule has 4 aliphatic rings. The molecule has 0 saturated heterocycles. The lowest BCUT2D eigenvalue weighted by molar-refractivity contribution is -0.00698. The van der Waals surface area contributed by atoms with Gasteiger partial charge in [-0.15, -0.1) is 19.0 Å². The first-order valence-electron chi connectivity index (χ1n) is 9.83. The summed E-state index contributed by atoms with van der Waals surface area (Å²) in [4.78, 5) is 5.24. The van der Waals surface area contributed by atoms with Gasteiger partial charge in [0.05, 0.1) is 16.7 Å². The van der Waals surface area contributed by atoms with Crippen LogP contribution in [0.15, 0.2) is 43.1 Å². The molecule has 0 radical (unpaired) electrons. The molecule has 2 heterocycles. The molecule has 1 aromatic carbocycles. The van der Waals surface area contributed by atoms with Crippen molar-refractivity contribution in [2.75, 3.05) is 0 Å². The van der Waals surface area contributed by atoms with E-state index in [0.29, 0.717) is 5.41 Å². The highest BCUT2D eigenvalue weighted by Crippen LogP contribution is 2.60. The van der Waals surface area contributed by atoms with Crippen LogP contribution in [0.4, 0.5) is 0 Å². The van der Waals surface area contributed by atoms with Gasteiger partial charge < -0.3 is 4.57 Å². The molecule has 4 aliphatic carbocycles. The summed E-state index contributed by atoms with van der Waals surface area (Å²) in [5.74, 6) is 3.96. The second-order valence-corrected chi connectivity index (χ2v) is 8.88. The second kappa shape index (κ2) is 5.63. The molecule has 4 heteroatoms. The molecule has 4 bridgehead atoms. The Morgan fingerprint density at radius 3 is 2.27 bits per heavy atom. The van der Waals surface area contributed by atoms with Crippen LogP contribution in [0.1, 0.15) is 44.2 Å². The summed E-state index contributed by atoms with van der Waals surface area (Å²) in [7, 11) is 0. The summed E-state index contributed by atoms with van der Waals surface area (Å²) in [5.41, 5.74) is 4.25. The molecule has 3 aromatic rings. The predicted molar refractivity (Wildman–Crippen MR) is 108 cm³/mol. The second-order valence-electron chi connectivity index (χ2n) is 8.88. The third-order valence-corrected chi connectivity index (χ3v) is 7.25. The van der Waals surface area contributed by atoms with Gasteiger partial charge in [0.25, 0.3) is 0 Å². The zero-order valence-corrected chi connectivity index (χ0v) is 15.9. The van der Waals surface area contributed by atoms with E-state index in [0.717, 1.165) is 30.1 Å². The summed E-state index contributed by atoms with van der Waals surface area (Å²) in [6.07, 6.45) is 12.9. The lowest BCUT2D eigenvalue weighted by atomic mass is 9.49. The molecule has 4 saturated carbocycles. The highest BCUT2D eigenvalue weighted by atomic mass is 35.5. The summed E-state index contributed by atoms with van der Waals surface area (Å²) in [5, 5.41) is 0. The minimum absolute atomic E-state index is 0. The van der Waals surface area contributed by atoms with Crippen molar-refractivity contribution in [2.24, 2.45) is 17.8 Å². The SMILES string of the molecule is C=CCn1c2ccccc2n2cc(C34CC5CC(CC(C5)C3)C4)nc12.Cl. The fraction of sp³-hybridized carbons (Fsp3) is 0.500. The van der Waals surface area contributed by atoms with Gasteiger partial charge in [-0.05, 0) is 68.4 Å². The van der Waals surface area contributed by atoms with E-state index in [1.807, 2.05) is 6.08 Å². The van der Waals surface area contributed by atoms with Crippen LogP contribution in [0, 0.1) is 17.8 Å². The van der Waals surface area contributed by atoms with E-state index in [4.69, 9.17) is 4.98 Å². The number of rotatable bonds is 3. The first-order valence-corrected chi connectivity index (χ1v) is 9.83. The van der Waals surface area contributed by atoms with E-state index in [1.165, 1.54) is 55.3 Å². The van der Waals surface area contributed by atoms with Crippen molar-refractivity contribution in [1.29, 1.82) is 0 Å². The van der Waals surface area contributed by atoms with Crippen molar-refractivity contribution >= 4 is 29.2 Å². The molecular weight excluding hydrogens is 342 g/mol. The summed E-state index contributed by atoms with van der Waals surface area (Å²) < 4.78 is 4.64. The Morgan fingerprint density at radius 1 is 1.04 bits per heavy atom. The van der Waals surface area contributed by atoms with Crippen LogP contribution in [0.5, 0.6) is 0 Å². The van der Waals surface area contributed by atoms with Gasteiger partial charge in [0.1, 0.15) is 0 Å². The molecule has 26 heavy (non-hydrogen) atoms. The molecule has 136 valence electrons. The molecule has 3 nitrogen and oxygen atoms in total. The molecule has 0 aliphatic heterocycles. The van der Waals surface area contributed by atoms with Crippen LogP contribution in [-0.4, -0.2) is 14.0 Å². The molecule has 2 aromatic heterocycles.